The van der Waals surface area contributed by atoms with Gasteiger partial charge in [-0.05, 0) is 52.6 Å². The highest BCUT2D eigenvalue weighted by Crippen LogP contribution is 2.30. The lowest BCUT2D eigenvalue weighted by atomic mass is 10.0. The molecule has 0 radical (unpaired) electrons. The van der Waals surface area contributed by atoms with E-state index in [-0.39, 0.29) is 0 Å². The van der Waals surface area contributed by atoms with Gasteiger partial charge in [-0.25, -0.2) is 0 Å². The largest absolute Gasteiger partial charge is 0.308 e. The summed E-state index contributed by atoms with van der Waals surface area (Å²) >= 11 is 12.6. The maximum Gasteiger partial charge on any atom is 0.0484 e. The summed E-state index contributed by atoms with van der Waals surface area (Å²) in [6.45, 7) is 8.37. The average Bonchev–Trinajstić information content (AvgIpc) is 3.21. The lowest BCUT2D eigenvalue weighted by molar-refractivity contribution is 0.0905. The normalized spacial score (nSPS) is 18.2. The van der Waals surface area contributed by atoms with Crippen LogP contribution in [0.15, 0.2) is 158 Å². The van der Waals surface area contributed by atoms with Crippen molar-refractivity contribution >= 4 is 23.2 Å². The van der Waals surface area contributed by atoms with Gasteiger partial charge in [0.15, 0.2) is 0 Å². The average molecular weight is 740 g/mol. The topological polar surface area (TPSA) is 21.8 Å². The quantitative estimate of drug-likeness (QED) is 0.168. The molecule has 2 saturated heterocycles. The van der Waals surface area contributed by atoms with E-state index in [1.54, 1.807) is 0 Å². The van der Waals surface area contributed by atoms with E-state index in [1.807, 2.05) is 36.4 Å². The Bertz CT molecular complexity index is 2020. The van der Waals surface area contributed by atoms with E-state index >= 15 is 0 Å². The molecule has 0 amide bonds. The molecule has 0 aliphatic carbocycles. The molecule has 6 heteroatoms. The lowest BCUT2D eigenvalue weighted by Gasteiger charge is -2.39. The molecule has 6 aromatic carbocycles. The second kappa shape index (κ2) is 18.2. The van der Waals surface area contributed by atoms with Crippen molar-refractivity contribution in [3.05, 3.63) is 190 Å². The van der Waals surface area contributed by atoms with Crippen molar-refractivity contribution in [1.82, 2.24) is 20.0 Å². The minimum atomic E-state index is 0.410. The van der Waals surface area contributed by atoms with E-state index in [0.29, 0.717) is 12.1 Å². The first-order valence-corrected chi connectivity index (χ1v) is 19.4. The van der Waals surface area contributed by atoms with Crippen LogP contribution in [0.5, 0.6) is 0 Å². The molecule has 2 aliphatic heterocycles. The van der Waals surface area contributed by atoms with Crippen molar-refractivity contribution in [3.8, 4) is 22.3 Å². The second-order valence-corrected chi connectivity index (χ2v) is 15.0. The lowest BCUT2D eigenvalue weighted by Crippen LogP contribution is -2.46. The van der Waals surface area contributed by atoms with Gasteiger partial charge in [0.05, 0.1) is 0 Å². The molecule has 0 bridgehead atoms. The predicted octanol–water partition coefficient (Wildman–Crippen LogP) is 10.6. The first-order chi connectivity index (χ1) is 26.0. The summed E-state index contributed by atoms with van der Waals surface area (Å²) in [6.07, 6.45) is 0. The third-order valence-corrected chi connectivity index (χ3v) is 11.1. The molecule has 2 unspecified atom stereocenters. The monoisotopic (exact) mass is 738 g/mol. The van der Waals surface area contributed by atoms with E-state index < -0.39 is 0 Å². The molecule has 6 aromatic rings. The SMILES string of the molecule is CN1CCN(Cc2ccc(-c3ccccc3Cl)cc2)CC1c1ccccc1.Clc1ccccc1-c1ccc(CN2CCNC(c3ccccc3)C2)cc1. The Labute approximate surface area is 325 Å². The van der Waals surface area contributed by atoms with Gasteiger partial charge in [0, 0.05) is 85.6 Å². The Balaban J connectivity index is 0.000000164. The Morgan fingerprint density at radius 3 is 1.51 bits per heavy atom. The van der Waals surface area contributed by atoms with E-state index in [1.165, 1.54) is 33.4 Å². The number of nitrogens with zero attached hydrogens (tertiary/aromatic N) is 3. The Morgan fingerprint density at radius 2 is 0.981 bits per heavy atom. The van der Waals surface area contributed by atoms with Crippen molar-refractivity contribution in [1.29, 1.82) is 0 Å². The number of likely N-dealkylation sites (N-methyl/N-ethyl adjacent to an activating group) is 1. The van der Waals surface area contributed by atoms with Crippen LogP contribution in [0.25, 0.3) is 22.3 Å². The Morgan fingerprint density at radius 1 is 0.509 bits per heavy atom. The molecule has 0 saturated carbocycles. The standard InChI is InChI=1S/C24H25ClN2.C23H23ClN2/c1-26-15-16-27(18-24(26)21-7-3-2-4-8-21)17-19-11-13-20(14-12-19)22-9-5-6-10-23(22)25;24-22-9-5-4-8-21(22)19-12-10-18(11-13-19)16-26-15-14-25-23(17-26)20-6-2-1-3-7-20/h2-14,24H,15-18H2,1H3;1-13,23,25H,14-17H2. The summed E-state index contributed by atoms with van der Waals surface area (Å²) in [6, 6.07) is 56.1. The second-order valence-electron chi connectivity index (χ2n) is 14.1. The smallest absolute Gasteiger partial charge is 0.0484 e. The minimum absolute atomic E-state index is 0.410. The van der Waals surface area contributed by atoms with E-state index in [4.69, 9.17) is 23.2 Å². The van der Waals surface area contributed by atoms with Crippen LogP contribution in [0.2, 0.25) is 10.0 Å². The first kappa shape index (κ1) is 37.1. The van der Waals surface area contributed by atoms with Crippen molar-refractivity contribution in [3.63, 3.8) is 0 Å². The van der Waals surface area contributed by atoms with Crippen LogP contribution in [0.1, 0.15) is 34.3 Å². The van der Waals surface area contributed by atoms with Crippen LogP contribution in [-0.2, 0) is 13.1 Å². The van der Waals surface area contributed by atoms with Gasteiger partial charge in [-0.15, -0.1) is 0 Å². The molecule has 8 rings (SSSR count). The molecule has 2 fully saturated rings. The van der Waals surface area contributed by atoms with Gasteiger partial charge in [-0.3, -0.25) is 14.7 Å². The van der Waals surface area contributed by atoms with Crippen LogP contribution in [0.4, 0.5) is 0 Å². The molecular weight excluding hydrogens is 691 g/mol. The Kier molecular flexibility index (Phi) is 12.7. The third-order valence-electron chi connectivity index (χ3n) is 10.5. The summed E-state index contributed by atoms with van der Waals surface area (Å²) in [5, 5.41) is 5.23. The molecule has 53 heavy (non-hydrogen) atoms. The number of benzene rings is 6. The summed E-state index contributed by atoms with van der Waals surface area (Å²) in [7, 11) is 2.23. The van der Waals surface area contributed by atoms with Crippen molar-refractivity contribution in [2.45, 2.75) is 25.2 Å². The highest BCUT2D eigenvalue weighted by Gasteiger charge is 2.25. The highest BCUT2D eigenvalue weighted by atomic mass is 35.5. The van der Waals surface area contributed by atoms with Crippen LogP contribution in [0.3, 0.4) is 0 Å². The van der Waals surface area contributed by atoms with Gasteiger partial charge in [-0.1, -0.05) is 169 Å². The number of rotatable bonds is 8. The van der Waals surface area contributed by atoms with Crippen molar-refractivity contribution in [2.24, 2.45) is 0 Å². The maximum absolute atomic E-state index is 6.33. The van der Waals surface area contributed by atoms with Gasteiger partial charge in [-0.2, -0.15) is 0 Å². The number of nitrogens with one attached hydrogen (secondary N) is 1. The molecule has 0 aromatic heterocycles. The van der Waals surface area contributed by atoms with Crippen LogP contribution in [-0.4, -0.2) is 61.0 Å². The van der Waals surface area contributed by atoms with Gasteiger partial charge < -0.3 is 5.32 Å². The van der Waals surface area contributed by atoms with Gasteiger partial charge >= 0.3 is 0 Å². The fourth-order valence-electron chi connectivity index (χ4n) is 7.46. The minimum Gasteiger partial charge on any atom is -0.308 e. The Hall–Kier alpha value is -4.26. The number of hydrogen-bond donors (Lipinski definition) is 1. The fourth-order valence-corrected chi connectivity index (χ4v) is 7.95. The van der Waals surface area contributed by atoms with Crippen LogP contribution < -0.4 is 5.32 Å². The van der Waals surface area contributed by atoms with Crippen molar-refractivity contribution < 1.29 is 0 Å². The maximum atomic E-state index is 6.33. The zero-order valence-electron chi connectivity index (χ0n) is 30.4. The molecule has 2 atom stereocenters. The van der Waals surface area contributed by atoms with Gasteiger partial charge in [0.2, 0.25) is 0 Å². The summed E-state index contributed by atoms with van der Waals surface area (Å²) in [4.78, 5) is 7.55. The van der Waals surface area contributed by atoms with Crippen molar-refractivity contribution in [2.75, 3.05) is 46.3 Å². The zero-order valence-corrected chi connectivity index (χ0v) is 31.9. The van der Waals surface area contributed by atoms with Gasteiger partial charge in [0.25, 0.3) is 0 Å². The van der Waals surface area contributed by atoms with Crippen LogP contribution in [0, 0.1) is 0 Å². The summed E-state index contributed by atoms with van der Waals surface area (Å²) < 4.78 is 0. The van der Waals surface area contributed by atoms with Gasteiger partial charge in [0.1, 0.15) is 0 Å². The molecule has 270 valence electrons. The molecule has 2 heterocycles. The third kappa shape index (κ3) is 9.84. The summed E-state index contributed by atoms with van der Waals surface area (Å²) in [5.74, 6) is 0. The first-order valence-electron chi connectivity index (χ1n) is 18.7. The highest BCUT2D eigenvalue weighted by molar-refractivity contribution is 6.33. The number of halogens is 2. The van der Waals surface area contributed by atoms with Crippen LogP contribution >= 0.6 is 23.2 Å². The van der Waals surface area contributed by atoms with E-state index in [9.17, 15) is 0 Å². The number of piperazine rings is 2. The number of hydrogen-bond acceptors (Lipinski definition) is 4. The fraction of sp³-hybridized carbons (Fsp3) is 0.234. The zero-order chi connectivity index (χ0) is 36.4. The molecule has 1 N–H and O–H groups in total. The van der Waals surface area contributed by atoms with E-state index in [0.717, 1.165) is 73.5 Å². The summed E-state index contributed by atoms with van der Waals surface area (Å²) in [5.41, 5.74) is 9.98. The molecule has 4 nitrogen and oxygen atoms in total. The molecule has 0 spiro atoms. The molecule has 2 aliphatic rings. The predicted molar refractivity (Wildman–Crippen MR) is 223 cm³/mol. The molecular formula is C47H48Cl2N4. The van der Waals surface area contributed by atoms with E-state index in [2.05, 4.69) is 148 Å².